The highest BCUT2D eigenvalue weighted by atomic mass is 35.5. The van der Waals surface area contributed by atoms with E-state index in [2.05, 4.69) is 34.5 Å². The number of carbonyl (C=O) groups excluding carboxylic acids is 2. The summed E-state index contributed by atoms with van der Waals surface area (Å²) in [6.45, 7) is 2.74. The quantitative estimate of drug-likeness (QED) is 0.232. The number of nitrogens with two attached hydrogens (primary N) is 1. The summed E-state index contributed by atoms with van der Waals surface area (Å²) in [6.07, 6.45) is 2.29. The number of phenols is 1. The smallest absolute Gasteiger partial charge is 0.258 e. The molecule has 1 unspecified atom stereocenters. The first kappa shape index (κ1) is 28.6. The minimum absolute atomic E-state index is 0.0108. The van der Waals surface area contributed by atoms with Gasteiger partial charge in [0.2, 0.25) is 5.91 Å². The third-order valence-corrected chi connectivity index (χ3v) is 6.85. The van der Waals surface area contributed by atoms with Crippen molar-refractivity contribution in [2.75, 3.05) is 19.7 Å². The van der Waals surface area contributed by atoms with Crippen LogP contribution in [0.2, 0.25) is 5.02 Å². The van der Waals surface area contributed by atoms with Crippen LogP contribution < -0.4 is 15.8 Å². The molecular formula is C31H31ClN4O4. The summed E-state index contributed by atoms with van der Waals surface area (Å²) >= 11 is 5.50. The molecule has 0 spiro atoms. The summed E-state index contributed by atoms with van der Waals surface area (Å²) in [6, 6.07) is 26.1. The number of likely N-dealkylation sites (tertiary alicyclic amines) is 1. The molecule has 0 aromatic heterocycles. The highest BCUT2D eigenvalue weighted by Gasteiger charge is 2.24. The Hall–Kier alpha value is -4.40. The maximum Gasteiger partial charge on any atom is 0.258 e. The lowest BCUT2D eigenvalue weighted by molar-refractivity contribution is -0.123. The Morgan fingerprint density at radius 3 is 2.48 bits per heavy atom. The van der Waals surface area contributed by atoms with Crippen molar-refractivity contribution in [2.24, 2.45) is 5.73 Å². The number of benzene rings is 4. The molecule has 5 rings (SSSR count). The summed E-state index contributed by atoms with van der Waals surface area (Å²) in [4.78, 5) is 25.3. The molecule has 5 N–H and O–H groups in total. The molecule has 0 saturated carbocycles. The van der Waals surface area contributed by atoms with Crippen LogP contribution in [0, 0.1) is 5.41 Å². The van der Waals surface area contributed by atoms with Crippen molar-refractivity contribution < 1.29 is 19.4 Å². The second-order valence-electron chi connectivity index (χ2n) is 9.44. The number of phenolic OH excluding ortho intramolecular Hbond substituents is 1. The summed E-state index contributed by atoms with van der Waals surface area (Å²) in [7, 11) is 0. The van der Waals surface area contributed by atoms with E-state index in [4.69, 9.17) is 32.6 Å². The number of nitrogens with one attached hydrogen (secondary N) is 2. The number of rotatable bonds is 8. The molecule has 4 aromatic carbocycles. The number of nitrogens with zero attached hydrogens (tertiary/aromatic N) is 1. The highest BCUT2D eigenvalue weighted by Crippen LogP contribution is 2.28. The third-order valence-electron chi connectivity index (χ3n) is 6.55. The Kier molecular flexibility index (Phi) is 9.72. The minimum Gasteiger partial charge on any atom is -0.506 e. The van der Waals surface area contributed by atoms with Crippen molar-refractivity contribution in [3.63, 3.8) is 0 Å². The summed E-state index contributed by atoms with van der Waals surface area (Å²) in [5.41, 5.74) is 7.37. The van der Waals surface area contributed by atoms with Crippen LogP contribution in [-0.4, -0.2) is 53.8 Å². The lowest BCUT2D eigenvalue weighted by Gasteiger charge is -2.17. The zero-order valence-electron chi connectivity index (χ0n) is 21.8. The first-order chi connectivity index (χ1) is 19.3. The van der Waals surface area contributed by atoms with Crippen molar-refractivity contribution in [2.45, 2.75) is 19.0 Å². The molecular weight excluding hydrogens is 528 g/mol. The Labute approximate surface area is 237 Å². The van der Waals surface area contributed by atoms with Gasteiger partial charge in [0.1, 0.15) is 11.5 Å². The predicted octanol–water partition coefficient (Wildman–Crippen LogP) is 4.75. The van der Waals surface area contributed by atoms with E-state index in [9.17, 15) is 9.59 Å². The van der Waals surface area contributed by atoms with Crippen LogP contribution in [0.1, 0.15) is 27.9 Å². The molecule has 1 aliphatic heterocycles. The number of carbonyl (C=O) groups is 2. The number of hydrogen-bond donors (Lipinski definition) is 4. The van der Waals surface area contributed by atoms with E-state index in [1.54, 1.807) is 0 Å². The van der Waals surface area contributed by atoms with E-state index in [-0.39, 0.29) is 34.9 Å². The highest BCUT2D eigenvalue weighted by molar-refractivity contribution is 6.32. The second-order valence-corrected chi connectivity index (χ2v) is 9.84. The molecule has 206 valence electrons. The molecule has 1 heterocycles. The third kappa shape index (κ3) is 7.59. The molecule has 1 aliphatic rings. The van der Waals surface area contributed by atoms with Gasteiger partial charge in [0, 0.05) is 48.4 Å². The average Bonchev–Trinajstić information content (AvgIpc) is 3.40. The van der Waals surface area contributed by atoms with E-state index < -0.39 is 5.91 Å². The molecule has 1 atom stereocenters. The molecule has 0 aliphatic carbocycles. The monoisotopic (exact) mass is 558 g/mol. The van der Waals surface area contributed by atoms with Gasteiger partial charge in [-0.2, -0.15) is 0 Å². The molecule has 8 nitrogen and oxygen atoms in total. The largest absolute Gasteiger partial charge is 0.506 e. The Morgan fingerprint density at radius 2 is 1.77 bits per heavy atom. The molecule has 0 radical (unpaired) electrons. The van der Waals surface area contributed by atoms with Crippen LogP contribution in [0.3, 0.4) is 0 Å². The van der Waals surface area contributed by atoms with Gasteiger partial charge in [0.05, 0.1) is 5.02 Å². The van der Waals surface area contributed by atoms with Gasteiger partial charge in [0.15, 0.2) is 6.61 Å². The topological polar surface area (TPSA) is 129 Å². The van der Waals surface area contributed by atoms with Crippen LogP contribution in [0.4, 0.5) is 0 Å². The van der Waals surface area contributed by atoms with Crippen LogP contribution in [0.5, 0.6) is 11.5 Å². The van der Waals surface area contributed by atoms with Crippen molar-refractivity contribution >= 4 is 40.4 Å². The number of fused-ring (bicyclic) bond motifs is 1. The zero-order valence-corrected chi connectivity index (χ0v) is 22.6. The van der Waals surface area contributed by atoms with Gasteiger partial charge in [0.25, 0.3) is 5.91 Å². The summed E-state index contributed by atoms with van der Waals surface area (Å²) in [5, 5.41) is 21.6. The summed E-state index contributed by atoms with van der Waals surface area (Å²) < 4.78 is 5.81. The van der Waals surface area contributed by atoms with E-state index >= 15 is 0 Å². The van der Waals surface area contributed by atoms with E-state index in [1.165, 1.54) is 30.0 Å². The number of halogens is 1. The van der Waals surface area contributed by atoms with Gasteiger partial charge in [-0.25, -0.2) is 0 Å². The van der Waals surface area contributed by atoms with E-state index in [1.807, 2.05) is 42.5 Å². The molecule has 9 heteroatoms. The lowest BCUT2D eigenvalue weighted by atomic mass is 10.0. The van der Waals surface area contributed by atoms with Crippen LogP contribution >= 0.6 is 11.6 Å². The van der Waals surface area contributed by atoms with E-state index in [0.717, 1.165) is 42.4 Å². The SMILES string of the molecule is N=Cc1ccc(OCC(=O)NC2CCN(Cc3ccccc3)C2)c2ccccc12.NC(=O)c1ccc(O)c(Cl)c1. The van der Waals surface area contributed by atoms with Gasteiger partial charge >= 0.3 is 0 Å². The van der Waals surface area contributed by atoms with Crippen LogP contribution in [0.25, 0.3) is 10.8 Å². The van der Waals surface area contributed by atoms with Gasteiger partial charge in [-0.3, -0.25) is 14.5 Å². The Morgan fingerprint density at radius 1 is 1.05 bits per heavy atom. The normalized spacial score (nSPS) is 14.7. The molecule has 0 bridgehead atoms. The molecule has 4 aromatic rings. The minimum atomic E-state index is -0.563. The number of aromatic hydroxyl groups is 1. The fourth-order valence-corrected chi connectivity index (χ4v) is 4.74. The molecule has 1 fully saturated rings. The first-order valence-electron chi connectivity index (χ1n) is 12.8. The van der Waals surface area contributed by atoms with Gasteiger partial charge in [-0.15, -0.1) is 0 Å². The fourth-order valence-electron chi connectivity index (χ4n) is 4.55. The predicted molar refractivity (Wildman–Crippen MR) is 157 cm³/mol. The fraction of sp³-hybridized carbons (Fsp3) is 0.194. The van der Waals surface area contributed by atoms with E-state index in [0.29, 0.717) is 5.75 Å². The second kappa shape index (κ2) is 13.6. The molecule has 1 saturated heterocycles. The maximum atomic E-state index is 12.4. The Bertz CT molecular complexity index is 1500. The summed E-state index contributed by atoms with van der Waals surface area (Å²) in [5.74, 6) is -0.0567. The number of amides is 2. The molecule has 2 amide bonds. The number of hydrogen-bond acceptors (Lipinski definition) is 6. The van der Waals surface area contributed by atoms with Crippen LogP contribution in [-0.2, 0) is 11.3 Å². The first-order valence-corrected chi connectivity index (χ1v) is 13.2. The van der Waals surface area contributed by atoms with Crippen molar-refractivity contribution in [3.05, 3.63) is 107 Å². The van der Waals surface area contributed by atoms with Gasteiger partial charge in [-0.05, 0) is 47.7 Å². The molecule has 40 heavy (non-hydrogen) atoms. The maximum absolute atomic E-state index is 12.4. The Balaban J connectivity index is 0.000000283. The van der Waals surface area contributed by atoms with Crippen molar-refractivity contribution in [1.29, 1.82) is 5.41 Å². The van der Waals surface area contributed by atoms with Crippen molar-refractivity contribution in [3.8, 4) is 11.5 Å². The number of ether oxygens (including phenoxy) is 1. The average molecular weight is 559 g/mol. The van der Waals surface area contributed by atoms with Gasteiger partial charge < -0.3 is 26.3 Å². The van der Waals surface area contributed by atoms with Crippen LogP contribution in [0.15, 0.2) is 84.9 Å². The van der Waals surface area contributed by atoms with Gasteiger partial charge in [-0.1, -0.05) is 66.2 Å². The zero-order chi connectivity index (χ0) is 28.5. The van der Waals surface area contributed by atoms with Crippen molar-refractivity contribution in [1.82, 2.24) is 10.2 Å². The lowest BCUT2D eigenvalue weighted by Crippen LogP contribution is -2.39. The standard InChI is InChI=1S/C24H25N3O2.C7H6ClNO2/c25-14-19-10-11-23(22-9-5-4-8-21(19)22)29-17-24(28)26-20-12-13-27(16-20)15-18-6-2-1-3-7-18;8-5-3-4(7(9)11)1-2-6(5)10/h1-11,14,20,25H,12-13,15-17H2,(H,26,28);1-3,10H,(H2,9,11). The number of primary amides is 1.